The number of amides is 3. The summed E-state index contributed by atoms with van der Waals surface area (Å²) >= 11 is 12.4. The van der Waals surface area contributed by atoms with Gasteiger partial charge in [0.1, 0.15) is 5.75 Å². The maximum Gasteiger partial charge on any atom is 0.419 e. The summed E-state index contributed by atoms with van der Waals surface area (Å²) in [5.41, 5.74) is -0.560. The van der Waals surface area contributed by atoms with Gasteiger partial charge in [-0.2, -0.15) is 17.5 Å². The quantitative estimate of drug-likeness (QED) is 0.470. The van der Waals surface area contributed by atoms with Crippen molar-refractivity contribution >= 4 is 45.2 Å². The molecule has 3 amide bonds. The average Bonchev–Trinajstić information content (AvgIpc) is 3.37. The van der Waals surface area contributed by atoms with Crippen LogP contribution in [-0.4, -0.2) is 105 Å². The molecule has 0 radical (unpaired) electrons. The average molecular weight is 652 g/mol. The van der Waals surface area contributed by atoms with Gasteiger partial charge in [0.2, 0.25) is 10.0 Å². The van der Waals surface area contributed by atoms with Gasteiger partial charge in [0.25, 0.3) is 5.91 Å². The fourth-order valence-corrected chi connectivity index (χ4v) is 7.07. The lowest BCUT2D eigenvalue weighted by molar-refractivity contribution is -0.138. The molecule has 0 aromatic heterocycles. The van der Waals surface area contributed by atoms with Crippen molar-refractivity contribution in [3.8, 4) is 5.75 Å². The van der Waals surface area contributed by atoms with Crippen molar-refractivity contribution in [1.29, 1.82) is 0 Å². The number of carbonyl (C=O) groups is 2. The molecule has 0 spiro atoms. The molecule has 2 heterocycles. The van der Waals surface area contributed by atoms with E-state index in [1.165, 1.54) is 22.3 Å². The molecule has 0 saturated carbocycles. The Hall–Kier alpha value is -2.74. The van der Waals surface area contributed by atoms with E-state index in [-0.39, 0.29) is 49.3 Å². The van der Waals surface area contributed by atoms with E-state index in [1.54, 1.807) is 34.9 Å². The molecule has 3 atom stereocenters. The van der Waals surface area contributed by atoms with E-state index in [4.69, 9.17) is 27.9 Å². The highest BCUT2D eigenvalue weighted by Gasteiger charge is 2.43. The second-order valence-corrected chi connectivity index (χ2v) is 13.3. The highest BCUT2D eigenvalue weighted by atomic mass is 35.5. The molecule has 0 bridgehead atoms. The number of rotatable bonds is 5. The highest BCUT2D eigenvalue weighted by Crippen LogP contribution is 2.38. The van der Waals surface area contributed by atoms with Crippen LogP contribution in [0.3, 0.4) is 0 Å². The van der Waals surface area contributed by atoms with Crippen molar-refractivity contribution in [2.45, 2.75) is 31.1 Å². The molecule has 4 rings (SSSR count). The molecule has 0 N–H and O–H groups in total. The van der Waals surface area contributed by atoms with Crippen LogP contribution in [0.15, 0.2) is 36.4 Å². The number of halogens is 5. The van der Waals surface area contributed by atoms with Crippen LogP contribution in [0.4, 0.5) is 18.0 Å². The van der Waals surface area contributed by atoms with E-state index in [2.05, 4.69) is 0 Å². The zero-order valence-electron chi connectivity index (χ0n) is 23.4. The molecule has 230 valence electrons. The third-order valence-corrected chi connectivity index (χ3v) is 9.90. The Morgan fingerprint density at radius 3 is 2.26 bits per heavy atom. The van der Waals surface area contributed by atoms with E-state index in [1.807, 2.05) is 0 Å². The molecule has 2 aliphatic heterocycles. The van der Waals surface area contributed by atoms with Gasteiger partial charge >= 0.3 is 12.2 Å². The summed E-state index contributed by atoms with van der Waals surface area (Å²) in [7, 11) is -0.833. The topological polar surface area (TPSA) is 90.5 Å². The van der Waals surface area contributed by atoms with Crippen LogP contribution in [0.1, 0.15) is 34.3 Å². The number of urea groups is 1. The van der Waals surface area contributed by atoms with Crippen molar-refractivity contribution in [2.75, 3.05) is 53.1 Å². The number of nitrogens with zero attached hydrogens (tertiary/aromatic N) is 4. The van der Waals surface area contributed by atoms with Gasteiger partial charge < -0.3 is 19.4 Å². The Bertz CT molecular complexity index is 1480. The van der Waals surface area contributed by atoms with Gasteiger partial charge in [0.15, 0.2) is 0 Å². The van der Waals surface area contributed by atoms with Crippen molar-refractivity contribution in [3.05, 3.63) is 63.1 Å². The SMILES string of the molecule is COc1ccc(C(=O)N(C)[C@@H]2CN(C(=O)N3CCN(S(C)(=O)=O)[C@H](C)C3)C[C@H]2c2ccc(Cl)c(Cl)c2)cc1C(F)(F)F. The normalized spacial score (nSPS) is 21.9. The smallest absolute Gasteiger partial charge is 0.419 e. The van der Waals surface area contributed by atoms with Crippen LogP contribution >= 0.6 is 23.2 Å². The van der Waals surface area contributed by atoms with Gasteiger partial charge in [-0.3, -0.25) is 4.79 Å². The van der Waals surface area contributed by atoms with Crippen molar-refractivity contribution in [3.63, 3.8) is 0 Å². The maximum absolute atomic E-state index is 13.7. The monoisotopic (exact) mass is 650 g/mol. The number of carbonyl (C=O) groups excluding carboxylic acids is 2. The molecular weight excluding hydrogens is 620 g/mol. The van der Waals surface area contributed by atoms with E-state index >= 15 is 0 Å². The first-order valence-electron chi connectivity index (χ1n) is 13.0. The standard InChI is InChI=1S/C27H31Cl2F3N4O5S/c1-16-13-34(9-10-36(16)42(4,39)40)26(38)35-14-19(17-5-7-21(28)22(29)12-17)23(15-35)33(2)25(37)18-6-8-24(41-3)20(11-18)27(30,31)32/h5-8,11-12,16,19,23H,9-10,13-15H2,1-4H3/t16-,19+,23-/m1/s1. The van der Waals surface area contributed by atoms with E-state index in [0.717, 1.165) is 25.5 Å². The van der Waals surface area contributed by atoms with Gasteiger partial charge in [0.05, 0.1) is 35.0 Å². The number of hydrogen-bond acceptors (Lipinski definition) is 5. The third-order valence-electron chi connectivity index (χ3n) is 7.76. The number of methoxy groups -OCH3 is 1. The first-order chi connectivity index (χ1) is 19.5. The minimum atomic E-state index is -4.74. The van der Waals surface area contributed by atoms with Crippen molar-refractivity contribution in [1.82, 2.24) is 19.0 Å². The molecule has 2 aromatic carbocycles. The van der Waals surface area contributed by atoms with Crippen LogP contribution in [0.2, 0.25) is 10.0 Å². The number of hydrogen-bond donors (Lipinski definition) is 0. The molecule has 2 aromatic rings. The molecule has 0 unspecified atom stereocenters. The van der Waals surface area contributed by atoms with Gasteiger partial charge in [-0.15, -0.1) is 0 Å². The minimum Gasteiger partial charge on any atom is -0.496 e. The fraction of sp³-hybridized carbons (Fsp3) is 0.481. The summed E-state index contributed by atoms with van der Waals surface area (Å²) in [4.78, 5) is 31.7. The first-order valence-corrected chi connectivity index (χ1v) is 15.6. The number of ether oxygens (including phenoxy) is 1. The molecule has 2 fully saturated rings. The number of likely N-dealkylation sites (tertiary alicyclic amines) is 1. The van der Waals surface area contributed by atoms with E-state index < -0.39 is 51.4 Å². The Kier molecular flexibility index (Phi) is 9.27. The molecule has 0 aliphatic carbocycles. The molecule has 15 heteroatoms. The summed E-state index contributed by atoms with van der Waals surface area (Å²) in [6, 6.07) is 6.74. The molecule has 9 nitrogen and oxygen atoms in total. The second kappa shape index (κ2) is 12.1. The maximum atomic E-state index is 13.7. The third kappa shape index (κ3) is 6.58. The van der Waals surface area contributed by atoms with E-state index in [9.17, 15) is 31.2 Å². The van der Waals surface area contributed by atoms with Gasteiger partial charge in [-0.05, 0) is 42.8 Å². The summed E-state index contributed by atoms with van der Waals surface area (Å²) in [5, 5.41) is 0.602. The zero-order chi connectivity index (χ0) is 31.1. The summed E-state index contributed by atoms with van der Waals surface area (Å²) in [6.07, 6.45) is -3.61. The lowest BCUT2D eigenvalue weighted by Crippen LogP contribution is -2.57. The van der Waals surface area contributed by atoms with Crippen LogP contribution in [0.5, 0.6) is 5.75 Å². The van der Waals surface area contributed by atoms with Gasteiger partial charge in [-0.1, -0.05) is 29.3 Å². The fourth-order valence-electron chi connectivity index (χ4n) is 5.63. The number of piperazine rings is 1. The van der Waals surface area contributed by atoms with Crippen LogP contribution in [0.25, 0.3) is 0 Å². The van der Waals surface area contributed by atoms with Gasteiger partial charge in [0, 0.05) is 57.3 Å². The molecule has 2 saturated heterocycles. The zero-order valence-corrected chi connectivity index (χ0v) is 25.7. The Morgan fingerprint density at radius 1 is 1.00 bits per heavy atom. The highest BCUT2D eigenvalue weighted by molar-refractivity contribution is 7.88. The largest absolute Gasteiger partial charge is 0.496 e. The van der Waals surface area contributed by atoms with Crippen molar-refractivity contribution in [2.24, 2.45) is 0 Å². The lowest BCUT2D eigenvalue weighted by atomic mass is 9.93. The van der Waals surface area contributed by atoms with E-state index in [0.29, 0.717) is 10.6 Å². The molecular formula is C27H31Cl2F3N4O5S. The predicted octanol–water partition coefficient (Wildman–Crippen LogP) is 4.65. The summed E-state index contributed by atoms with van der Waals surface area (Å²) < 4.78 is 71.3. The number of alkyl halides is 3. The Morgan fingerprint density at radius 2 is 1.69 bits per heavy atom. The molecule has 2 aliphatic rings. The number of likely N-dealkylation sites (N-methyl/N-ethyl adjacent to an activating group) is 1. The van der Waals surface area contributed by atoms with Crippen LogP contribution in [-0.2, 0) is 16.2 Å². The predicted molar refractivity (Wildman–Crippen MR) is 153 cm³/mol. The van der Waals surface area contributed by atoms with Crippen LogP contribution in [0, 0.1) is 0 Å². The number of sulfonamides is 1. The number of benzene rings is 2. The lowest BCUT2D eigenvalue weighted by Gasteiger charge is -2.39. The summed E-state index contributed by atoms with van der Waals surface area (Å²) in [5.74, 6) is -1.51. The Labute approximate surface area is 252 Å². The molecule has 42 heavy (non-hydrogen) atoms. The van der Waals surface area contributed by atoms with Crippen LogP contribution < -0.4 is 4.74 Å². The second-order valence-electron chi connectivity index (χ2n) is 10.5. The minimum absolute atomic E-state index is 0.0922. The summed E-state index contributed by atoms with van der Waals surface area (Å²) in [6.45, 7) is 2.53. The Balaban J connectivity index is 1.63. The van der Waals surface area contributed by atoms with Gasteiger partial charge in [-0.25, -0.2) is 13.2 Å². The van der Waals surface area contributed by atoms with Crippen molar-refractivity contribution < 1.29 is 35.9 Å². The first kappa shape index (κ1) is 32.2.